The largest absolute Gasteiger partial charge is 0.493 e. The number of hydrogen-bond donors (Lipinski definition) is 2. The average Bonchev–Trinajstić information content (AvgIpc) is 3.51. The number of carbonyl (C=O) groups excluding carboxylic acids is 1. The van der Waals surface area contributed by atoms with Crippen LogP contribution in [0.3, 0.4) is 0 Å². The van der Waals surface area contributed by atoms with Crippen molar-refractivity contribution in [3.63, 3.8) is 0 Å². The number of nitrogens with one attached hydrogen (secondary N) is 1. The molecule has 9 nitrogen and oxygen atoms in total. The summed E-state index contributed by atoms with van der Waals surface area (Å²) >= 11 is 0.878. The maximum Gasteiger partial charge on any atom is 0.420 e. The molecule has 1 amide bonds. The number of aromatic amines is 1. The fourth-order valence-electron chi connectivity index (χ4n) is 4.15. The standard InChI is InChI=1S/C26H24F3N3O6S/c1-3-5-6-11-37-19-10-9-18(15(4-2)21(19)26(27,28)29)32(22(33)23(34)35)24-30-17(13-39-24)14-7-8-16-20(12-14)38-25(36)31-16/h7-10,12-13H,3-6,11H2,1-2H3,(H,31,36)(H,34,35). The molecule has 4 rings (SSSR count). The fourth-order valence-corrected chi connectivity index (χ4v) is 4.99. The van der Waals surface area contributed by atoms with Crippen molar-refractivity contribution >= 4 is 45.1 Å². The minimum atomic E-state index is -4.83. The highest BCUT2D eigenvalue weighted by molar-refractivity contribution is 7.14. The van der Waals surface area contributed by atoms with Gasteiger partial charge in [-0.25, -0.2) is 19.5 Å². The number of carboxylic acid groups (broad SMARTS) is 1. The van der Waals surface area contributed by atoms with Crippen LogP contribution in [0, 0.1) is 0 Å². The molecule has 0 saturated carbocycles. The Hall–Kier alpha value is -4.13. The van der Waals surface area contributed by atoms with E-state index in [2.05, 4.69) is 9.97 Å². The van der Waals surface area contributed by atoms with Gasteiger partial charge in [0.15, 0.2) is 10.7 Å². The Morgan fingerprint density at radius 1 is 1.18 bits per heavy atom. The van der Waals surface area contributed by atoms with Gasteiger partial charge in [0.25, 0.3) is 0 Å². The molecule has 4 aromatic rings. The molecule has 0 radical (unpaired) electrons. The summed E-state index contributed by atoms with van der Waals surface area (Å²) in [5.41, 5.74) is -0.128. The lowest BCUT2D eigenvalue weighted by Gasteiger charge is -2.25. The predicted octanol–water partition coefficient (Wildman–Crippen LogP) is 6.14. The van der Waals surface area contributed by atoms with E-state index in [1.54, 1.807) is 12.1 Å². The van der Waals surface area contributed by atoms with Gasteiger partial charge in [-0.1, -0.05) is 32.8 Å². The normalized spacial score (nSPS) is 11.6. The van der Waals surface area contributed by atoms with Gasteiger partial charge in [0.05, 0.1) is 23.5 Å². The average molecular weight is 564 g/mol. The van der Waals surface area contributed by atoms with Crippen molar-refractivity contribution in [3.05, 3.63) is 57.4 Å². The third-order valence-electron chi connectivity index (χ3n) is 5.92. The molecule has 2 aromatic heterocycles. The molecule has 0 bridgehead atoms. The molecule has 206 valence electrons. The third-order valence-corrected chi connectivity index (χ3v) is 6.75. The van der Waals surface area contributed by atoms with E-state index >= 15 is 0 Å². The Labute approximate surface area is 223 Å². The van der Waals surface area contributed by atoms with E-state index in [4.69, 9.17) is 9.15 Å². The molecule has 2 heterocycles. The quantitative estimate of drug-likeness (QED) is 0.185. The van der Waals surface area contributed by atoms with Gasteiger partial charge >= 0.3 is 23.8 Å². The third kappa shape index (κ3) is 5.82. The number of nitrogens with zero attached hydrogens (tertiary/aromatic N) is 2. The van der Waals surface area contributed by atoms with Crippen LogP contribution in [0.4, 0.5) is 24.0 Å². The molecule has 0 atom stereocenters. The number of hydrogen-bond acceptors (Lipinski definition) is 7. The molecule has 0 fully saturated rings. The Kier molecular flexibility index (Phi) is 8.09. The van der Waals surface area contributed by atoms with Gasteiger partial charge in [0.1, 0.15) is 11.3 Å². The number of thiazole rings is 1. The van der Waals surface area contributed by atoms with Crippen LogP contribution in [-0.2, 0) is 22.2 Å². The molecule has 0 spiro atoms. The second kappa shape index (κ2) is 11.3. The Bertz CT molecular complexity index is 1570. The lowest BCUT2D eigenvalue weighted by molar-refractivity contribution is -0.148. The summed E-state index contributed by atoms with van der Waals surface area (Å²) in [7, 11) is 0. The Morgan fingerprint density at radius 2 is 1.95 bits per heavy atom. The van der Waals surface area contributed by atoms with Crippen LogP contribution < -0.4 is 15.4 Å². The molecule has 0 saturated heterocycles. The van der Waals surface area contributed by atoms with Crippen molar-refractivity contribution < 1.29 is 37.0 Å². The molecule has 0 aliphatic heterocycles. The number of ether oxygens (including phenoxy) is 1. The molecular formula is C26H24F3N3O6S. The zero-order valence-corrected chi connectivity index (χ0v) is 21.7. The van der Waals surface area contributed by atoms with Crippen LogP contribution >= 0.6 is 11.3 Å². The number of aromatic nitrogens is 2. The highest BCUT2D eigenvalue weighted by Gasteiger charge is 2.40. The van der Waals surface area contributed by atoms with E-state index in [1.165, 1.54) is 24.4 Å². The molecule has 0 aliphatic carbocycles. The van der Waals surface area contributed by atoms with Crippen molar-refractivity contribution in [1.82, 2.24) is 9.97 Å². The number of oxazole rings is 1. The summed E-state index contributed by atoms with van der Waals surface area (Å²) in [5, 5.41) is 10.9. The van der Waals surface area contributed by atoms with Crippen LogP contribution in [0.2, 0.25) is 0 Å². The number of halogens is 3. The SMILES string of the molecule is CCCCCOc1ccc(N(C(=O)C(=O)O)c2nc(-c3ccc4[nH]c(=O)oc4c3)cs2)c(CC)c1C(F)(F)F. The number of unbranched alkanes of at least 4 members (excludes halogenated alkanes) is 2. The highest BCUT2D eigenvalue weighted by Crippen LogP contribution is 2.45. The summed E-state index contributed by atoms with van der Waals surface area (Å²) in [5.74, 6) is -4.37. The minimum Gasteiger partial charge on any atom is -0.493 e. The van der Waals surface area contributed by atoms with Gasteiger partial charge in [0, 0.05) is 10.9 Å². The topological polar surface area (TPSA) is 126 Å². The number of anilines is 2. The molecule has 39 heavy (non-hydrogen) atoms. The maximum absolute atomic E-state index is 14.3. The number of amides is 1. The highest BCUT2D eigenvalue weighted by atomic mass is 32.1. The van der Waals surface area contributed by atoms with Crippen molar-refractivity contribution in [3.8, 4) is 17.0 Å². The number of alkyl halides is 3. The lowest BCUT2D eigenvalue weighted by Crippen LogP contribution is -2.33. The van der Waals surface area contributed by atoms with Gasteiger partial charge in [-0.3, -0.25) is 9.78 Å². The van der Waals surface area contributed by atoms with Gasteiger partial charge < -0.3 is 14.3 Å². The lowest BCUT2D eigenvalue weighted by atomic mass is 10.00. The van der Waals surface area contributed by atoms with Crippen molar-refractivity contribution in [2.75, 3.05) is 11.5 Å². The van der Waals surface area contributed by atoms with Crippen molar-refractivity contribution in [1.29, 1.82) is 0 Å². The second-order valence-corrected chi connectivity index (χ2v) is 9.37. The van der Waals surface area contributed by atoms with E-state index in [0.717, 1.165) is 30.2 Å². The van der Waals surface area contributed by atoms with Crippen LogP contribution in [0.1, 0.15) is 44.2 Å². The first-order valence-corrected chi connectivity index (χ1v) is 12.9. The second-order valence-electron chi connectivity index (χ2n) is 8.53. The van der Waals surface area contributed by atoms with Gasteiger partial charge in [-0.2, -0.15) is 13.2 Å². The van der Waals surface area contributed by atoms with E-state index in [9.17, 15) is 32.7 Å². The number of carboxylic acids is 1. The first-order valence-electron chi connectivity index (χ1n) is 12.1. The number of fused-ring (bicyclic) bond motifs is 1. The van der Waals surface area contributed by atoms with Crippen molar-refractivity contribution in [2.45, 2.75) is 45.7 Å². The van der Waals surface area contributed by atoms with E-state index in [-0.39, 0.29) is 40.7 Å². The molecule has 0 unspecified atom stereocenters. The number of rotatable bonds is 9. The molecule has 2 aromatic carbocycles. The van der Waals surface area contributed by atoms with Gasteiger partial charge in [-0.05, 0) is 42.7 Å². The van der Waals surface area contributed by atoms with Gasteiger partial charge in [-0.15, -0.1) is 11.3 Å². The predicted molar refractivity (Wildman–Crippen MR) is 139 cm³/mol. The Morgan fingerprint density at radius 3 is 2.62 bits per heavy atom. The Balaban J connectivity index is 1.82. The fraction of sp³-hybridized carbons (Fsp3) is 0.308. The maximum atomic E-state index is 14.3. The van der Waals surface area contributed by atoms with Crippen LogP contribution in [0.15, 0.2) is 44.9 Å². The van der Waals surface area contributed by atoms with E-state index in [1.807, 2.05) is 6.92 Å². The first kappa shape index (κ1) is 27.9. The van der Waals surface area contributed by atoms with Crippen LogP contribution in [0.5, 0.6) is 5.75 Å². The van der Waals surface area contributed by atoms with Gasteiger partial charge in [0.2, 0.25) is 0 Å². The summed E-state index contributed by atoms with van der Waals surface area (Å²) in [6.07, 6.45) is -2.77. The summed E-state index contributed by atoms with van der Waals surface area (Å²) in [6.45, 7) is 3.52. The smallest absolute Gasteiger partial charge is 0.420 e. The monoisotopic (exact) mass is 563 g/mol. The van der Waals surface area contributed by atoms with Crippen LogP contribution in [0.25, 0.3) is 22.4 Å². The number of aliphatic carboxylic acids is 1. The summed E-state index contributed by atoms with van der Waals surface area (Å²) in [4.78, 5) is 43.6. The summed E-state index contributed by atoms with van der Waals surface area (Å²) in [6, 6.07) is 7.07. The number of benzene rings is 2. The zero-order chi connectivity index (χ0) is 28.3. The summed E-state index contributed by atoms with van der Waals surface area (Å²) < 4.78 is 53.4. The zero-order valence-electron chi connectivity index (χ0n) is 20.9. The molecule has 13 heteroatoms. The molecule has 0 aliphatic rings. The number of carbonyl (C=O) groups is 2. The minimum absolute atomic E-state index is 0.0820. The molecular weight excluding hydrogens is 539 g/mol. The van der Waals surface area contributed by atoms with Crippen LogP contribution in [-0.4, -0.2) is 33.6 Å². The number of H-pyrrole nitrogens is 1. The molecule has 2 N–H and O–H groups in total. The van der Waals surface area contributed by atoms with E-state index < -0.39 is 29.4 Å². The van der Waals surface area contributed by atoms with E-state index in [0.29, 0.717) is 28.1 Å². The first-order chi connectivity index (χ1) is 18.5. The van der Waals surface area contributed by atoms with Crippen molar-refractivity contribution in [2.24, 2.45) is 0 Å².